The van der Waals surface area contributed by atoms with Crippen LogP contribution >= 0.6 is 0 Å². The first kappa shape index (κ1) is 14.4. The number of carbonyl (C=O) groups excluding carboxylic acids is 1. The normalized spacial score (nSPS) is 14.7. The number of hydrogen-bond acceptors (Lipinski definition) is 4. The summed E-state index contributed by atoms with van der Waals surface area (Å²) in [5.74, 6) is -0.191. The zero-order valence-electron chi connectivity index (χ0n) is 10.1. The third kappa shape index (κ3) is 8.39. The summed E-state index contributed by atoms with van der Waals surface area (Å²) in [6.45, 7) is 9.07. The minimum absolute atomic E-state index is 0.0802. The van der Waals surface area contributed by atoms with E-state index in [4.69, 9.17) is 14.2 Å². The fraction of sp³-hybridized carbons (Fsp3) is 0.909. The van der Waals surface area contributed by atoms with Gasteiger partial charge in [-0.2, -0.15) is 0 Å². The van der Waals surface area contributed by atoms with Gasteiger partial charge in [0.25, 0.3) is 0 Å². The van der Waals surface area contributed by atoms with E-state index in [2.05, 4.69) is 0 Å². The topological polar surface area (TPSA) is 44.8 Å². The van der Waals surface area contributed by atoms with Crippen molar-refractivity contribution in [1.82, 2.24) is 0 Å². The van der Waals surface area contributed by atoms with E-state index >= 15 is 0 Å². The first-order valence-corrected chi connectivity index (χ1v) is 5.48. The Kier molecular flexibility index (Phi) is 8.33. The lowest BCUT2D eigenvalue weighted by molar-refractivity contribution is -0.148. The largest absolute Gasteiger partial charge is 0.463 e. The molecule has 2 atom stereocenters. The van der Waals surface area contributed by atoms with Crippen LogP contribution in [0.25, 0.3) is 0 Å². The molecule has 0 amide bonds. The smallest absolute Gasteiger partial charge is 0.305 e. The Bertz CT molecular complexity index is 170. The van der Waals surface area contributed by atoms with Crippen LogP contribution in [-0.2, 0) is 19.0 Å². The van der Waals surface area contributed by atoms with Crippen molar-refractivity contribution in [2.24, 2.45) is 0 Å². The average molecular weight is 218 g/mol. The highest BCUT2D eigenvalue weighted by Gasteiger charge is 2.08. The van der Waals surface area contributed by atoms with Gasteiger partial charge in [0.1, 0.15) is 6.61 Å². The number of hydrogen-bond donors (Lipinski definition) is 0. The lowest BCUT2D eigenvalue weighted by Crippen LogP contribution is -2.24. The number of carbonyl (C=O) groups is 1. The summed E-state index contributed by atoms with van der Waals surface area (Å²) < 4.78 is 15.7. The molecule has 0 aromatic heterocycles. The lowest BCUT2D eigenvalue weighted by atomic mass is 10.4. The molecule has 0 aromatic rings. The van der Waals surface area contributed by atoms with Gasteiger partial charge >= 0.3 is 5.97 Å². The molecular weight excluding hydrogens is 196 g/mol. The molecule has 4 heteroatoms. The number of ether oxygens (including phenoxy) is 3. The summed E-state index contributed by atoms with van der Waals surface area (Å²) in [6.07, 6.45) is 0.407. The Hall–Kier alpha value is -0.610. The van der Waals surface area contributed by atoms with Gasteiger partial charge in [0.2, 0.25) is 0 Å². The molecule has 0 radical (unpaired) electrons. The first-order valence-electron chi connectivity index (χ1n) is 5.48. The molecule has 0 bridgehead atoms. The van der Waals surface area contributed by atoms with Gasteiger partial charge in [-0.25, -0.2) is 0 Å². The maximum absolute atomic E-state index is 10.9. The van der Waals surface area contributed by atoms with Crippen molar-refractivity contribution in [3.05, 3.63) is 0 Å². The molecule has 0 saturated heterocycles. The van der Waals surface area contributed by atoms with E-state index in [0.29, 0.717) is 26.2 Å². The Morgan fingerprint density at radius 1 is 1.07 bits per heavy atom. The Morgan fingerprint density at radius 2 is 1.67 bits per heavy atom. The van der Waals surface area contributed by atoms with Crippen molar-refractivity contribution in [2.75, 3.05) is 19.8 Å². The molecule has 0 aliphatic heterocycles. The zero-order chi connectivity index (χ0) is 11.7. The molecular formula is C11H22O4. The molecule has 0 spiro atoms. The highest BCUT2D eigenvalue weighted by Crippen LogP contribution is 1.98. The standard InChI is InChI=1S/C11H22O4/c1-5-11(12)15-8-10(4)14-7-9(3)13-6-2/h9-10H,5-8H2,1-4H3. The van der Waals surface area contributed by atoms with E-state index < -0.39 is 0 Å². The van der Waals surface area contributed by atoms with Gasteiger partial charge in [-0.1, -0.05) is 6.92 Å². The second-order valence-electron chi connectivity index (χ2n) is 3.45. The van der Waals surface area contributed by atoms with Crippen LogP contribution < -0.4 is 0 Å². The molecule has 15 heavy (non-hydrogen) atoms. The first-order chi connectivity index (χ1) is 7.10. The van der Waals surface area contributed by atoms with Gasteiger partial charge in [0, 0.05) is 13.0 Å². The fourth-order valence-electron chi connectivity index (χ4n) is 0.993. The van der Waals surface area contributed by atoms with Gasteiger partial charge in [-0.05, 0) is 20.8 Å². The Labute approximate surface area is 91.9 Å². The molecule has 0 rings (SSSR count). The molecule has 0 N–H and O–H groups in total. The SMILES string of the molecule is CCOC(C)COC(C)COC(=O)CC. The molecule has 0 aliphatic carbocycles. The van der Waals surface area contributed by atoms with E-state index in [9.17, 15) is 4.79 Å². The molecule has 90 valence electrons. The fourth-order valence-corrected chi connectivity index (χ4v) is 0.993. The number of rotatable bonds is 8. The van der Waals surface area contributed by atoms with Crippen LogP contribution in [0.5, 0.6) is 0 Å². The van der Waals surface area contributed by atoms with Gasteiger partial charge in [-0.15, -0.1) is 0 Å². The molecule has 0 saturated carbocycles. The highest BCUT2D eigenvalue weighted by molar-refractivity contribution is 5.68. The Balaban J connectivity index is 3.48. The summed E-state index contributed by atoms with van der Waals surface area (Å²) >= 11 is 0. The van der Waals surface area contributed by atoms with Crippen LogP contribution in [0, 0.1) is 0 Å². The summed E-state index contributed by atoms with van der Waals surface area (Å²) in [4.78, 5) is 10.9. The van der Waals surface area contributed by atoms with Crippen LogP contribution in [0.1, 0.15) is 34.1 Å². The summed E-state index contributed by atoms with van der Waals surface area (Å²) in [6, 6.07) is 0. The minimum atomic E-state index is -0.191. The molecule has 0 aliphatic rings. The van der Waals surface area contributed by atoms with Gasteiger partial charge in [0.05, 0.1) is 18.8 Å². The summed E-state index contributed by atoms with van der Waals surface area (Å²) in [7, 11) is 0. The summed E-state index contributed by atoms with van der Waals surface area (Å²) in [5, 5.41) is 0. The van der Waals surface area contributed by atoms with Crippen molar-refractivity contribution >= 4 is 5.97 Å². The van der Waals surface area contributed by atoms with Gasteiger partial charge in [0.15, 0.2) is 0 Å². The minimum Gasteiger partial charge on any atom is -0.463 e. The maximum Gasteiger partial charge on any atom is 0.305 e. The van der Waals surface area contributed by atoms with Crippen LogP contribution in [-0.4, -0.2) is 38.0 Å². The number of esters is 1. The predicted molar refractivity (Wildman–Crippen MR) is 57.8 cm³/mol. The van der Waals surface area contributed by atoms with Crippen LogP contribution in [0.3, 0.4) is 0 Å². The van der Waals surface area contributed by atoms with Crippen LogP contribution in [0.4, 0.5) is 0 Å². The second kappa shape index (κ2) is 8.68. The molecule has 0 fully saturated rings. The van der Waals surface area contributed by atoms with Gasteiger partial charge in [-0.3, -0.25) is 4.79 Å². The Morgan fingerprint density at radius 3 is 2.20 bits per heavy atom. The van der Waals surface area contributed by atoms with E-state index in [1.54, 1.807) is 6.92 Å². The van der Waals surface area contributed by atoms with Crippen molar-refractivity contribution < 1.29 is 19.0 Å². The van der Waals surface area contributed by atoms with Gasteiger partial charge < -0.3 is 14.2 Å². The van der Waals surface area contributed by atoms with Crippen LogP contribution in [0.15, 0.2) is 0 Å². The van der Waals surface area contributed by atoms with Crippen molar-refractivity contribution in [3.8, 4) is 0 Å². The second-order valence-corrected chi connectivity index (χ2v) is 3.45. The molecule has 0 heterocycles. The molecule has 4 nitrogen and oxygen atoms in total. The maximum atomic E-state index is 10.9. The van der Waals surface area contributed by atoms with Crippen molar-refractivity contribution in [3.63, 3.8) is 0 Å². The lowest BCUT2D eigenvalue weighted by Gasteiger charge is -2.16. The third-order valence-electron chi connectivity index (χ3n) is 1.83. The average Bonchev–Trinajstić information content (AvgIpc) is 2.23. The van der Waals surface area contributed by atoms with E-state index in [-0.39, 0.29) is 18.2 Å². The van der Waals surface area contributed by atoms with Crippen molar-refractivity contribution in [1.29, 1.82) is 0 Å². The van der Waals surface area contributed by atoms with Crippen LogP contribution in [0.2, 0.25) is 0 Å². The zero-order valence-corrected chi connectivity index (χ0v) is 10.1. The van der Waals surface area contributed by atoms with Crippen molar-refractivity contribution in [2.45, 2.75) is 46.3 Å². The molecule has 2 unspecified atom stereocenters. The third-order valence-corrected chi connectivity index (χ3v) is 1.83. The molecule has 0 aromatic carbocycles. The van der Waals surface area contributed by atoms with E-state index in [1.807, 2.05) is 20.8 Å². The monoisotopic (exact) mass is 218 g/mol. The van der Waals surface area contributed by atoms with E-state index in [1.165, 1.54) is 0 Å². The summed E-state index contributed by atoms with van der Waals surface area (Å²) in [5.41, 5.74) is 0. The quantitative estimate of drug-likeness (QED) is 0.582. The van der Waals surface area contributed by atoms with E-state index in [0.717, 1.165) is 0 Å². The highest BCUT2D eigenvalue weighted by atomic mass is 16.6. The predicted octanol–water partition coefficient (Wildman–Crippen LogP) is 1.77.